The zero-order chi connectivity index (χ0) is 13.0. The first-order valence-electron chi connectivity index (χ1n) is 6.15. The van der Waals surface area contributed by atoms with E-state index < -0.39 is 4.92 Å². The smallest absolute Gasteiger partial charge is 0.269 e. The van der Waals surface area contributed by atoms with Crippen molar-refractivity contribution in [3.05, 3.63) is 45.5 Å². The fraction of sp³-hybridized carbons (Fsp3) is 0.357. The van der Waals surface area contributed by atoms with Crippen LogP contribution in [0.3, 0.4) is 0 Å². The summed E-state index contributed by atoms with van der Waals surface area (Å²) in [6.07, 6.45) is 6.41. The standard InChI is InChI=1S/C14H15NO3/c16-14-5-3-1-2-4-12(14)10-11-6-8-13(9-7-11)15(17)18/h6-10H,1-5H2/b12-10-. The quantitative estimate of drug-likeness (QED) is 0.346. The van der Waals surface area contributed by atoms with E-state index in [2.05, 4.69) is 0 Å². The molecule has 0 heterocycles. The van der Waals surface area contributed by atoms with Crippen molar-refractivity contribution >= 4 is 17.5 Å². The van der Waals surface area contributed by atoms with Crippen LogP contribution in [0.25, 0.3) is 6.08 Å². The number of hydrogen-bond donors (Lipinski definition) is 0. The molecular weight excluding hydrogens is 230 g/mol. The molecule has 0 spiro atoms. The molecule has 0 aromatic heterocycles. The van der Waals surface area contributed by atoms with Crippen LogP contribution in [0, 0.1) is 10.1 Å². The SMILES string of the molecule is O=C1CCCCC/C1=C/c1ccc([N+](=O)[O-])cc1. The number of Topliss-reactive ketones (excluding diaryl/α,β-unsaturated/α-hetero) is 1. The van der Waals surface area contributed by atoms with Crippen molar-refractivity contribution < 1.29 is 9.72 Å². The molecule has 1 aliphatic rings. The van der Waals surface area contributed by atoms with Crippen molar-refractivity contribution in [1.82, 2.24) is 0 Å². The minimum atomic E-state index is -0.423. The second kappa shape index (κ2) is 5.58. The molecule has 1 fully saturated rings. The number of non-ortho nitro benzene ring substituents is 1. The number of benzene rings is 1. The predicted octanol–water partition coefficient (Wildman–Crippen LogP) is 3.51. The van der Waals surface area contributed by atoms with Crippen LogP contribution in [-0.4, -0.2) is 10.7 Å². The van der Waals surface area contributed by atoms with E-state index in [1.54, 1.807) is 12.1 Å². The molecule has 4 nitrogen and oxygen atoms in total. The molecule has 1 aliphatic carbocycles. The van der Waals surface area contributed by atoms with Crippen molar-refractivity contribution in [2.24, 2.45) is 0 Å². The zero-order valence-electron chi connectivity index (χ0n) is 10.1. The lowest BCUT2D eigenvalue weighted by atomic mass is 10.0. The van der Waals surface area contributed by atoms with Crippen LogP contribution in [0.1, 0.15) is 37.7 Å². The first-order valence-corrected chi connectivity index (χ1v) is 6.15. The highest BCUT2D eigenvalue weighted by Gasteiger charge is 2.13. The van der Waals surface area contributed by atoms with Crippen LogP contribution in [0.4, 0.5) is 5.69 Å². The summed E-state index contributed by atoms with van der Waals surface area (Å²) in [4.78, 5) is 21.9. The van der Waals surface area contributed by atoms with Crippen LogP contribution in [0.5, 0.6) is 0 Å². The summed E-state index contributed by atoms with van der Waals surface area (Å²) in [7, 11) is 0. The molecule has 1 saturated carbocycles. The highest BCUT2D eigenvalue weighted by Crippen LogP contribution is 2.22. The van der Waals surface area contributed by atoms with Gasteiger partial charge in [0.25, 0.3) is 5.69 Å². The van der Waals surface area contributed by atoms with Gasteiger partial charge >= 0.3 is 0 Å². The number of hydrogen-bond acceptors (Lipinski definition) is 3. The molecule has 0 unspecified atom stereocenters. The largest absolute Gasteiger partial charge is 0.295 e. The van der Waals surface area contributed by atoms with Crippen LogP contribution < -0.4 is 0 Å². The van der Waals surface area contributed by atoms with Gasteiger partial charge in [0.1, 0.15) is 0 Å². The summed E-state index contributed by atoms with van der Waals surface area (Å²) >= 11 is 0. The van der Waals surface area contributed by atoms with Gasteiger partial charge in [-0.05, 0) is 48.6 Å². The summed E-state index contributed by atoms with van der Waals surface area (Å²) in [6, 6.07) is 6.30. The summed E-state index contributed by atoms with van der Waals surface area (Å²) in [6.45, 7) is 0. The Morgan fingerprint density at radius 3 is 2.39 bits per heavy atom. The van der Waals surface area contributed by atoms with Crippen molar-refractivity contribution in [2.75, 3.05) is 0 Å². The zero-order valence-corrected chi connectivity index (χ0v) is 10.1. The van der Waals surface area contributed by atoms with E-state index >= 15 is 0 Å². The second-order valence-corrected chi connectivity index (χ2v) is 4.50. The molecule has 1 aromatic carbocycles. The number of nitrogens with zero attached hydrogens (tertiary/aromatic N) is 1. The van der Waals surface area contributed by atoms with Crippen molar-refractivity contribution in [2.45, 2.75) is 32.1 Å². The number of allylic oxidation sites excluding steroid dienone is 1. The lowest BCUT2D eigenvalue weighted by molar-refractivity contribution is -0.384. The average molecular weight is 245 g/mol. The topological polar surface area (TPSA) is 60.2 Å². The third-order valence-corrected chi connectivity index (χ3v) is 3.15. The predicted molar refractivity (Wildman–Crippen MR) is 69.2 cm³/mol. The molecule has 1 aromatic rings. The van der Waals surface area contributed by atoms with E-state index in [0.717, 1.165) is 36.8 Å². The summed E-state index contributed by atoms with van der Waals surface area (Å²) < 4.78 is 0. The Morgan fingerprint density at radius 2 is 1.72 bits per heavy atom. The Hall–Kier alpha value is -1.97. The van der Waals surface area contributed by atoms with Gasteiger partial charge in [-0.2, -0.15) is 0 Å². The van der Waals surface area contributed by atoms with E-state index in [1.807, 2.05) is 6.08 Å². The maximum Gasteiger partial charge on any atom is 0.269 e. The second-order valence-electron chi connectivity index (χ2n) is 4.50. The molecule has 94 valence electrons. The normalized spacial score (nSPS) is 18.7. The molecule has 18 heavy (non-hydrogen) atoms. The molecule has 2 rings (SSSR count). The van der Waals surface area contributed by atoms with E-state index in [0.29, 0.717) is 6.42 Å². The lowest BCUT2D eigenvalue weighted by Crippen LogP contribution is -1.99. The molecular formula is C14H15NO3. The Bertz CT molecular complexity index is 488. The van der Waals surface area contributed by atoms with Crippen molar-refractivity contribution in [3.8, 4) is 0 Å². The van der Waals surface area contributed by atoms with Gasteiger partial charge in [-0.15, -0.1) is 0 Å². The van der Waals surface area contributed by atoms with Crippen LogP contribution in [0.15, 0.2) is 29.8 Å². The van der Waals surface area contributed by atoms with Gasteiger partial charge < -0.3 is 0 Å². The minimum absolute atomic E-state index is 0.0735. The maximum atomic E-state index is 11.8. The Balaban J connectivity index is 2.20. The third kappa shape index (κ3) is 3.03. The first-order chi connectivity index (χ1) is 8.66. The van der Waals surface area contributed by atoms with Gasteiger partial charge in [0.05, 0.1) is 4.92 Å². The Labute approximate surface area is 105 Å². The van der Waals surface area contributed by atoms with Gasteiger partial charge in [-0.25, -0.2) is 0 Å². The van der Waals surface area contributed by atoms with Gasteiger partial charge in [-0.3, -0.25) is 14.9 Å². The molecule has 0 saturated heterocycles. The van der Waals surface area contributed by atoms with E-state index in [9.17, 15) is 14.9 Å². The number of nitro benzene ring substituents is 1. The van der Waals surface area contributed by atoms with Gasteiger partial charge in [0.2, 0.25) is 0 Å². The summed E-state index contributed by atoms with van der Waals surface area (Å²) in [5.41, 5.74) is 1.77. The highest BCUT2D eigenvalue weighted by molar-refractivity contribution is 5.99. The molecule has 0 atom stereocenters. The fourth-order valence-corrected chi connectivity index (χ4v) is 2.12. The van der Waals surface area contributed by atoms with Gasteiger partial charge in [0, 0.05) is 18.6 Å². The first kappa shape index (κ1) is 12.5. The Kier molecular flexibility index (Phi) is 3.87. The third-order valence-electron chi connectivity index (χ3n) is 3.15. The van der Waals surface area contributed by atoms with Crippen LogP contribution in [0.2, 0.25) is 0 Å². The number of nitro groups is 1. The lowest BCUT2D eigenvalue weighted by Gasteiger charge is -2.01. The van der Waals surface area contributed by atoms with Crippen LogP contribution >= 0.6 is 0 Å². The van der Waals surface area contributed by atoms with Gasteiger partial charge in [0.15, 0.2) is 5.78 Å². The maximum absolute atomic E-state index is 11.8. The van der Waals surface area contributed by atoms with Gasteiger partial charge in [-0.1, -0.05) is 6.42 Å². The fourth-order valence-electron chi connectivity index (χ4n) is 2.12. The number of carbonyl (C=O) groups excluding carboxylic acids is 1. The molecule has 0 N–H and O–H groups in total. The van der Waals surface area contributed by atoms with Crippen molar-refractivity contribution in [1.29, 1.82) is 0 Å². The molecule has 0 aliphatic heterocycles. The summed E-state index contributed by atoms with van der Waals surface area (Å²) in [5, 5.41) is 10.5. The summed E-state index contributed by atoms with van der Waals surface area (Å²) in [5.74, 6) is 0.214. The molecule has 0 amide bonds. The Morgan fingerprint density at radius 1 is 1.06 bits per heavy atom. The van der Waals surface area contributed by atoms with Crippen molar-refractivity contribution in [3.63, 3.8) is 0 Å². The average Bonchev–Trinajstić information content (AvgIpc) is 2.56. The van der Waals surface area contributed by atoms with E-state index in [1.165, 1.54) is 12.1 Å². The molecule has 0 radical (unpaired) electrons. The monoisotopic (exact) mass is 245 g/mol. The van der Waals surface area contributed by atoms with E-state index in [-0.39, 0.29) is 11.5 Å². The minimum Gasteiger partial charge on any atom is -0.295 e. The number of carbonyl (C=O) groups is 1. The van der Waals surface area contributed by atoms with E-state index in [4.69, 9.17) is 0 Å². The number of ketones is 1. The highest BCUT2D eigenvalue weighted by atomic mass is 16.6. The molecule has 4 heteroatoms. The molecule has 0 bridgehead atoms. The van der Waals surface area contributed by atoms with Crippen LogP contribution in [-0.2, 0) is 4.79 Å². The number of rotatable bonds is 2.